The van der Waals surface area contributed by atoms with Crippen molar-refractivity contribution in [2.24, 2.45) is 5.10 Å². The van der Waals surface area contributed by atoms with E-state index in [2.05, 4.69) is 5.10 Å². The van der Waals surface area contributed by atoms with Crippen molar-refractivity contribution in [3.05, 3.63) is 33.8 Å². The summed E-state index contributed by atoms with van der Waals surface area (Å²) < 4.78 is 18.2. The maximum absolute atomic E-state index is 12.6. The number of ether oxygens (including phenoxy) is 1. The van der Waals surface area contributed by atoms with E-state index in [1.165, 1.54) is 0 Å². The highest BCUT2D eigenvalue weighted by Crippen LogP contribution is 2.34. The average molecular weight is 338 g/mol. The summed E-state index contributed by atoms with van der Waals surface area (Å²) in [4.78, 5) is 0. The standard InChI is InChI=1S/C16H17ClFN3O2/c1-9-11(3-2-10(8-19)13(9)17)14-16(23-7-5-18)15-12(22)4-6-21(15)20-14/h2-3,12,15-16,22H,4-7H2,1H3/t12-,15+,16-/m1/s1. The Morgan fingerprint density at radius 2 is 2.35 bits per heavy atom. The van der Waals surface area contributed by atoms with E-state index in [4.69, 9.17) is 21.6 Å². The molecule has 3 rings (SSSR count). The van der Waals surface area contributed by atoms with Crippen LogP contribution in [0.2, 0.25) is 5.02 Å². The van der Waals surface area contributed by atoms with Gasteiger partial charge in [-0.2, -0.15) is 10.4 Å². The first-order valence-corrected chi connectivity index (χ1v) is 7.86. The zero-order valence-corrected chi connectivity index (χ0v) is 13.4. The molecule has 0 saturated carbocycles. The summed E-state index contributed by atoms with van der Waals surface area (Å²) in [5.41, 5.74) is 2.52. The minimum Gasteiger partial charge on any atom is -0.391 e. The molecule has 1 N–H and O–H groups in total. The maximum Gasteiger partial charge on any atom is 0.126 e. The van der Waals surface area contributed by atoms with Crippen LogP contribution in [-0.4, -0.2) is 53.9 Å². The number of fused-ring (bicyclic) bond motifs is 1. The Balaban J connectivity index is 2.00. The first-order valence-electron chi connectivity index (χ1n) is 7.48. The van der Waals surface area contributed by atoms with Gasteiger partial charge in [-0.15, -0.1) is 0 Å². The highest BCUT2D eigenvalue weighted by Gasteiger charge is 2.46. The van der Waals surface area contributed by atoms with Crippen LogP contribution in [0.4, 0.5) is 4.39 Å². The van der Waals surface area contributed by atoms with E-state index in [1.807, 2.05) is 13.0 Å². The lowest BCUT2D eigenvalue weighted by Gasteiger charge is -2.24. The van der Waals surface area contributed by atoms with Gasteiger partial charge in [0.15, 0.2) is 0 Å². The van der Waals surface area contributed by atoms with Crippen molar-refractivity contribution in [1.82, 2.24) is 5.01 Å². The molecule has 122 valence electrons. The number of benzene rings is 1. The second kappa shape index (κ2) is 6.44. The van der Waals surface area contributed by atoms with Gasteiger partial charge in [-0.25, -0.2) is 4.39 Å². The third kappa shape index (κ3) is 2.69. The van der Waals surface area contributed by atoms with Crippen molar-refractivity contribution >= 4 is 17.3 Å². The van der Waals surface area contributed by atoms with Crippen LogP contribution < -0.4 is 0 Å². The van der Waals surface area contributed by atoms with Gasteiger partial charge in [0, 0.05) is 12.1 Å². The van der Waals surface area contributed by atoms with Crippen LogP contribution in [0.5, 0.6) is 0 Å². The summed E-state index contributed by atoms with van der Waals surface area (Å²) in [6, 6.07) is 5.16. The smallest absolute Gasteiger partial charge is 0.126 e. The second-order valence-corrected chi connectivity index (χ2v) is 6.06. The lowest BCUT2D eigenvalue weighted by molar-refractivity contribution is 0.0106. The lowest BCUT2D eigenvalue weighted by Crippen LogP contribution is -2.42. The van der Waals surface area contributed by atoms with Crippen molar-refractivity contribution in [2.75, 3.05) is 19.8 Å². The topological polar surface area (TPSA) is 68.8 Å². The zero-order valence-electron chi connectivity index (χ0n) is 12.7. The van der Waals surface area contributed by atoms with Crippen LogP contribution in [0.25, 0.3) is 0 Å². The Morgan fingerprint density at radius 3 is 3.04 bits per heavy atom. The maximum atomic E-state index is 12.6. The zero-order chi connectivity index (χ0) is 16.6. The molecule has 1 aromatic carbocycles. The van der Waals surface area contributed by atoms with E-state index in [9.17, 15) is 9.50 Å². The highest BCUT2D eigenvalue weighted by atomic mass is 35.5. The van der Waals surface area contributed by atoms with Crippen LogP contribution in [0.3, 0.4) is 0 Å². The summed E-state index contributed by atoms with van der Waals surface area (Å²) in [6.45, 7) is 1.80. The lowest BCUT2D eigenvalue weighted by atomic mass is 9.94. The van der Waals surface area contributed by atoms with Gasteiger partial charge in [-0.1, -0.05) is 17.7 Å². The van der Waals surface area contributed by atoms with Crippen molar-refractivity contribution in [3.8, 4) is 6.07 Å². The van der Waals surface area contributed by atoms with Crippen molar-refractivity contribution in [3.63, 3.8) is 0 Å². The molecule has 5 nitrogen and oxygen atoms in total. The largest absolute Gasteiger partial charge is 0.391 e. The van der Waals surface area contributed by atoms with Crippen molar-refractivity contribution in [1.29, 1.82) is 5.26 Å². The number of halogens is 2. The number of hydrogen-bond donors (Lipinski definition) is 1. The number of hydrazone groups is 1. The molecule has 0 amide bonds. The average Bonchev–Trinajstić information content (AvgIpc) is 3.08. The van der Waals surface area contributed by atoms with Gasteiger partial charge in [0.05, 0.1) is 29.0 Å². The molecule has 3 atom stereocenters. The molecule has 2 heterocycles. The Bertz CT molecular complexity index is 689. The van der Waals surface area contributed by atoms with Gasteiger partial charge in [0.1, 0.15) is 24.9 Å². The van der Waals surface area contributed by atoms with Crippen LogP contribution in [-0.2, 0) is 4.74 Å². The predicted octanol–water partition coefficient (Wildman–Crippen LogP) is 2.03. The van der Waals surface area contributed by atoms with Gasteiger partial charge in [-0.3, -0.25) is 5.01 Å². The first kappa shape index (κ1) is 16.2. The molecule has 0 aliphatic carbocycles. The fourth-order valence-corrected chi connectivity index (χ4v) is 3.43. The number of hydrogen-bond acceptors (Lipinski definition) is 5. The number of nitrogens with zero attached hydrogens (tertiary/aromatic N) is 3. The number of alkyl halides is 1. The molecule has 2 aliphatic rings. The fourth-order valence-electron chi connectivity index (χ4n) is 3.22. The molecule has 2 aliphatic heterocycles. The van der Waals surface area contributed by atoms with E-state index in [-0.39, 0.29) is 12.6 Å². The van der Waals surface area contributed by atoms with Gasteiger partial charge in [-0.05, 0) is 25.0 Å². The quantitative estimate of drug-likeness (QED) is 0.912. The number of rotatable bonds is 4. The fraction of sp³-hybridized carbons (Fsp3) is 0.500. The number of nitriles is 1. The molecule has 1 aromatic rings. The molecule has 0 unspecified atom stereocenters. The van der Waals surface area contributed by atoms with Gasteiger partial charge in [0.2, 0.25) is 0 Å². The van der Waals surface area contributed by atoms with Crippen molar-refractivity contribution in [2.45, 2.75) is 31.6 Å². The Morgan fingerprint density at radius 1 is 1.57 bits per heavy atom. The molecule has 0 radical (unpaired) electrons. The van der Waals surface area contributed by atoms with Crippen LogP contribution in [0, 0.1) is 18.3 Å². The van der Waals surface area contributed by atoms with E-state index in [0.29, 0.717) is 29.3 Å². The Hall–Kier alpha value is -1.68. The third-order valence-corrected chi connectivity index (χ3v) is 4.85. The number of aliphatic hydroxyl groups is 1. The minimum atomic E-state index is -0.598. The van der Waals surface area contributed by atoms with Crippen molar-refractivity contribution < 1.29 is 14.2 Å². The molecule has 23 heavy (non-hydrogen) atoms. The Kier molecular flexibility index (Phi) is 4.53. The summed E-state index contributed by atoms with van der Waals surface area (Å²) in [5.74, 6) is 0. The third-order valence-electron chi connectivity index (χ3n) is 4.37. The van der Waals surface area contributed by atoms with E-state index in [1.54, 1.807) is 17.1 Å². The molecule has 0 aromatic heterocycles. The van der Waals surface area contributed by atoms with Gasteiger partial charge < -0.3 is 9.84 Å². The summed E-state index contributed by atoms with van der Waals surface area (Å²) >= 11 is 6.24. The molecule has 1 fully saturated rings. The van der Waals surface area contributed by atoms with Gasteiger partial charge >= 0.3 is 0 Å². The van der Waals surface area contributed by atoms with Crippen LogP contribution in [0.1, 0.15) is 23.1 Å². The minimum absolute atomic E-state index is 0.0518. The molecule has 1 saturated heterocycles. The molecular weight excluding hydrogens is 321 g/mol. The SMILES string of the molecule is Cc1c(C2=NN3CC[C@@H](O)[C@H]3[C@@H]2OCCF)ccc(C#N)c1Cl. The van der Waals surface area contributed by atoms with Gasteiger partial charge in [0.25, 0.3) is 0 Å². The van der Waals surface area contributed by atoms with E-state index < -0.39 is 18.9 Å². The summed E-state index contributed by atoms with van der Waals surface area (Å²) in [5, 5.41) is 26.0. The molecule has 7 heteroatoms. The number of aliphatic hydroxyl groups excluding tert-OH is 1. The normalized spacial score (nSPS) is 26.1. The first-order chi connectivity index (χ1) is 11.1. The second-order valence-electron chi connectivity index (χ2n) is 5.69. The van der Waals surface area contributed by atoms with Crippen LogP contribution in [0.15, 0.2) is 17.2 Å². The van der Waals surface area contributed by atoms with E-state index >= 15 is 0 Å². The van der Waals surface area contributed by atoms with Crippen LogP contribution >= 0.6 is 11.6 Å². The summed E-state index contributed by atoms with van der Waals surface area (Å²) in [6.07, 6.45) is -0.453. The molecule has 0 bridgehead atoms. The monoisotopic (exact) mass is 337 g/mol. The molecular formula is C16H17ClFN3O2. The summed E-state index contributed by atoms with van der Waals surface area (Å²) in [7, 11) is 0. The Labute approximate surface area is 138 Å². The molecule has 0 spiro atoms. The van der Waals surface area contributed by atoms with E-state index in [0.717, 1.165) is 11.1 Å². The predicted molar refractivity (Wildman–Crippen MR) is 84.3 cm³/mol. The highest BCUT2D eigenvalue weighted by molar-refractivity contribution is 6.33.